The molecule has 0 N–H and O–H groups in total. The van der Waals surface area contributed by atoms with E-state index in [0.29, 0.717) is 11.6 Å². The minimum atomic E-state index is -0.775. The first kappa shape index (κ1) is 27.2. The van der Waals surface area contributed by atoms with Gasteiger partial charge in [-0.3, -0.25) is 0 Å². The van der Waals surface area contributed by atoms with Crippen LogP contribution in [0.4, 0.5) is 0 Å². The van der Waals surface area contributed by atoms with Crippen LogP contribution in [-0.2, 0) is 5.41 Å². The van der Waals surface area contributed by atoms with E-state index in [9.17, 15) is 0 Å². The predicted molar refractivity (Wildman–Crippen MR) is 198 cm³/mol. The van der Waals surface area contributed by atoms with Crippen molar-refractivity contribution in [1.29, 1.82) is 0 Å². The first-order chi connectivity index (χ1) is 23.8. The molecule has 10 rings (SSSR count). The normalized spacial score (nSPS) is 13.2. The van der Waals surface area contributed by atoms with Crippen molar-refractivity contribution in [2.45, 2.75) is 5.41 Å². The van der Waals surface area contributed by atoms with Gasteiger partial charge in [-0.1, -0.05) is 146 Å². The summed E-state index contributed by atoms with van der Waals surface area (Å²) in [5, 5.41) is 4.79. The molecule has 0 saturated heterocycles. The summed E-state index contributed by atoms with van der Waals surface area (Å²) in [6, 6.07) is 58.3. The fourth-order valence-electron chi connectivity index (χ4n) is 7.68. The number of thiophene rings is 1. The number of fused-ring (bicyclic) bond motifs is 7. The monoisotopic (exact) mass is 629 g/mol. The second-order valence-electron chi connectivity index (χ2n) is 12.4. The Morgan fingerprint density at radius 1 is 0.438 bits per heavy atom. The Hall–Kier alpha value is -5.97. The minimum absolute atomic E-state index is 0.661. The van der Waals surface area contributed by atoms with Gasteiger partial charge in [0, 0.05) is 31.3 Å². The molecule has 0 fully saturated rings. The fourth-order valence-corrected chi connectivity index (χ4v) is 8.81. The summed E-state index contributed by atoms with van der Waals surface area (Å²) < 4.78 is 2.47. The molecular formula is C44H27N3S. The molecule has 2 aromatic heterocycles. The zero-order chi connectivity index (χ0) is 31.7. The summed E-state index contributed by atoms with van der Waals surface area (Å²) in [6.07, 6.45) is 0. The highest BCUT2D eigenvalue weighted by Gasteiger charge is 2.49. The molecule has 0 bridgehead atoms. The predicted octanol–water partition coefficient (Wildman–Crippen LogP) is 11.1. The minimum Gasteiger partial charge on any atom is -0.211 e. The molecule has 4 heteroatoms. The van der Waals surface area contributed by atoms with Crippen molar-refractivity contribution in [1.82, 2.24) is 15.0 Å². The van der Waals surface area contributed by atoms with Gasteiger partial charge in [-0.25, -0.2) is 15.0 Å². The van der Waals surface area contributed by atoms with Crippen molar-refractivity contribution in [3.63, 3.8) is 0 Å². The fraction of sp³-hybridized carbons (Fsp3) is 0.0227. The van der Waals surface area contributed by atoms with Crippen LogP contribution in [0.15, 0.2) is 164 Å². The van der Waals surface area contributed by atoms with E-state index in [2.05, 4.69) is 146 Å². The molecule has 224 valence electrons. The van der Waals surface area contributed by atoms with Crippen LogP contribution in [-0.4, -0.2) is 15.0 Å². The average molecular weight is 630 g/mol. The van der Waals surface area contributed by atoms with Crippen molar-refractivity contribution in [3.8, 4) is 33.9 Å². The van der Waals surface area contributed by atoms with Gasteiger partial charge in [-0.2, -0.15) is 0 Å². The van der Waals surface area contributed by atoms with Crippen molar-refractivity contribution < 1.29 is 0 Å². The van der Waals surface area contributed by atoms with Crippen LogP contribution in [0.3, 0.4) is 0 Å². The van der Waals surface area contributed by atoms with Crippen molar-refractivity contribution in [2.75, 3.05) is 0 Å². The Kier molecular flexibility index (Phi) is 5.96. The molecule has 1 aliphatic rings. The molecule has 0 saturated carbocycles. The molecule has 0 unspecified atom stereocenters. The zero-order valence-corrected chi connectivity index (χ0v) is 26.7. The van der Waals surface area contributed by atoms with Crippen LogP contribution in [0, 0.1) is 0 Å². The maximum atomic E-state index is 5.56. The maximum absolute atomic E-state index is 5.56. The van der Waals surface area contributed by atoms with Gasteiger partial charge >= 0.3 is 0 Å². The Morgan fingerprint density at radius 3 is 1.88 bits per heavy atom. The van der Waals surface area contributed by atoms with Crippen LogP contribution in [0.1, 0.15) is 22.5 Å². The van der Waals surface area contributed by atoms with E-state index in [1.807, 2.05) is 29.5 Å². The molecule has 2 heterocycles. The third-order valence-electron chi connectivity index (χ3n) is 9.78. The molecule has 48 heavy (non-hydrogen) atoms. The third kappa shape index (κ3) is 3.90. The first-order valence-electron chi connectivity index (χ1n) is 16.2. The van der Waals surface area contributed by atoms with E-state index in [-0.39, 0.29) is 0 Å². The Labute approximate surface area is 281 Å². The van der Waals surface area contributed by atoms with E-state index in [0.717, 1.165) is 22.5 Å². The van der Waals surface area contributed by atoms with Gasteiger partial charge in [0.2, 0.25) is 0 Å². The van der Waals surface area contributed by atoms with Gasteiger partial charge in [0.05, 0.1) is 0 Å². The van der Waals surface area contributed by atoms with Gasteiger partial charge in [0.15, 0.2) is 17.5 Å². The quantitative estimate of drug-likeness (QED) is 0.194. The summed E-state index contributed by atoms with van der Waals surface area (Å²) in [5.74, 6) is 2.06. The summed E-state index contributed by atoms with van der Waals surface area (Å²) in [7, 11) is 0. The summed E-state index contributed by atoms with van der Waals surface area (Å²) in [6.45, 7) is 0. The van der Waals surface area contributed by atoms with Crippen LogP contribution in [0.5, 0.6) is 0 Å². The summed E-state index contributed by atoms with van der Waals surface area (Å²) >= 11 is 1.81. The number of rotatable bonds is 4. The highest BCUT2D eigenvalue weighted by molar-refractivity contribution is 7.25. The molecule has 0 radical (unpaired) electrons. The lowest BCUT2D eigenvalue weighted by atomic mass is 9.71. The van der Waals surface area contributed by atoms with E-state index >= 15 is 0 Å². The number of hydrogen-bond acceptors (Lipinski definition) is 4. The van der Waals surface area contributed by atoms with Crippen LogP contribution in [0.2, 0.25) is 0 Å². The molecule has 0 amide bonds. The third-order valence-corrected chi connectivity index (χ3v) is 10.9. The van der Waals surface area contributed by atoms with Crippen LogP contribution < -0.4 is 0 Å². The highest BCUT2D eigenvalue weighted by atomic mass is 32.1. The lowest BCUT2D eigenvalue weighted by Crippen LogP contribution is -2.31. The first-order valence-corrected chi connectivity index (χ1v) is 17.0. The highest BCUT2D eigenvalue weighted by Crippen LogP contribution is 2.55. The molecule has 0 atom stereocenters. The molecule has 7 aromatic carbocycles. The smallest absolute Gasteiger partial charge is 0.164 e. The van der Waals surface area contributed by atoms with E-state index in [1.165, 1.54) is 53.2 Å². The Balaban J connectivity index is 1.36. The van der Waals surface area contributed by atoms with Gasteiger partial charge in [-0.05, 0) is 56.8 Å². The van der Waals surface area contributed by atoms with Gasteiger partial charge in [-0.15, -0.1) is 11.3 Å². The van der Waals surface area contributed by atoms with Crippen molar-refractivity contribution in [3.05, 3.63) is 186 Å². The lowest BCUT2D eigenvalue weighted by molar-refractivity contribution is 0.693. The molecule has 9 aromatic rings. The average Bonchev–Trinajstić information content (AvgIpc) is 3.69. The molecule has 3 nitrogen and oxygen atoms in total. The molecule has 0 spiro atoms. The van der Waals surface area contributed by atoms with Crippen molar-refractivity contribution in [2.24, 2.45) is 0 Å². The standard InChI is InChI=1S/C44H27N3S/c1-2-14-29(15-3-1)41-45-42(35-20-12-24-39-40(35)34-19-8-11-23-38(34)48-39)47-43(46-41)44(31-26-25-28-13-4-5-16-30(28)27-31)36-21-9-6-17-32(36)33-18-7-10-22-37(33)44/h1-27H. The molecule has 0 aliphatic heterocycles. The zero-order valence-electron chi connectivity index (χ0n) is 25.8. The van der Waals surface area contributed by atoms with Crippen LogP contribution >= 0.6 is 11.3 Å². The maximum Gasteiger partial charge on any atom is 0.164 e. The topological polar surface area (TPSA) is 38.7 Å². The lowest BCUT2D eigenvalue weighted by Gasteiger charge is -2.32. The molecule has 1 aliphatic carbocycles. The van der Waals surface area contributed by atoms with Crippen molar-refractivity contribution >= 4 is 42.3 Å². The Morgan fingerprint density at radius 2 is 1.06 bits per heavy atom. The number of aromatic nitrogens is 3. The van der Waals surface area contributed by atoms with Gasteiger partial charge in [0.1, 0.15) is 5.41 Å². The number of nitrogens with zero attached hydrogens (tertiary/aromatic N) is 3. The summed E-state index contributed by atoms with van der Waals surface area (Å²) in [4.78, 5) is 16.3. The summed E-state index contributed by atoms with van der Waals surface area (Å²) in [5.41, 5.74) is 7.09. The van der Waals surface area contributed by atoms with E-state index in [1.54, 1.807) is 0 Å². The molecular weight excluding hydrogens is 603 g/mol. The van der Waals surface area contributed by atoms with E-state index < -0.39 is 5.41 Å². The van der Waals surface area contributed by atoms with Crippen LogP contribution in [0.25, 0.3) is 64.8 Å². The largest absolute Gasteiger partial charge is 0.211 e. The van der Waals surface area contributed by atoms with Gasteiger partial charge < -0.3 is 0 Å². The van der Waals surface area contributed by atoms with E-state index in [4.69, 9.17) is 15.0 Å². The van der Waals surface area contributed by atoms with Gasteiger partial charge in [0.25, 0.3) is 0 Å². The number of benzene rings is 7. The second kappa shape index (κ2) is 10.5. The Bertz CT molecular complexity index is 2650. The number of hydrogen-bond donors (Lipinski definition) is 0. The second-order valence-corrected chi connectivity index (χ2v) is 13.4. The SMILES string of the molecule is c1ccc(-c2nc(-c3cccc4sc5ccccc5c34)nc(C3(c4ccc5ccccc5c4)c4ccccc4-c4ccccc43)n2)cc1.